The molecule has 1 aromatic heterocycles. The summed E-state index contributed by atoms with van der Waals surface area (Å²) < 4.78 is 19.2. The van der Waals surface area contributed by atoms with Gasteiger partial charge >= 0.3 is 0 Å². The second-order valence-electron chi connectivity index (χ2n) is 9.47. The summed E-state index contributed by atoms with van der Waals surface area (Å²) in [5, 5.41) is 0.426. The van der Waals surface area contributed by atoms with E-state index in [0.29, 0.717) is 34.1 Å². The van der Waals surface area contributed by atoms with Crippen molar-refractivity contribution in [1.82, 2.24) is 9.80 Å². The van der Waals surface area contributed by atoms with Crippen molar-refractivity contribution in [3.05, 3.63) is 117 Å². The third-order valence-electron chi connectivity index (χ3n) is 6.82. The van der Waals surface area contributed by atoms with E-state index in [4.69, 9.17) is 4.42 Å². The van der Waals surface area contributed by atoms with Gasteiger partial charge in [-0.1, -0.05) is 49.4 Å². The quantitative estimate of drug-likeness (QED) is 0.287. The molecule has 196 valence electrons. The molecule has 7 heteroatoms. The average Bonchev–Trinajstić information content (AvgIpc) is 2.93. The van der Waals surface area contributed by atoms with Crippen LogP contribution in [0.15, 0.2) is 88.3 Å². The Kier molecular flexibility index (Phi) is 8.36. The topological polar surface area (TPSA) is 70.8 Å². The maximum atomic E-state index is 13.8. The van der Waals surface area contributed by atoms with Crippen LogP contribution in [0.3, 0.4) is 0 Å². The summed E-state index contributed by atoms with van der Waals surface area (Å²) in [5.74, 6) is -0.935. The van der Waals surface area contributed by atoms with E-state index in [1.54, 1.807) is 53.4 Å². The molecule has 1 unspecified atom stereocenters. The van der Waals surface area contributed by atoms with E-state index < -0.39 is 0 Å². The van der Waals surface area contributed by atoms with Crippen molar-refractivity contribution in [3.63, 3.8) is 0 Å². The van der Waals surface area contributed by atoms with E-state index in [2.05, 4.69) is 0 Å². The van der Waals surface area contributed by atoms with Gasteiger partial charge in [-0.05, 0) is 61.7 Å². The average molecular weight is 515 g/mol. The number of rotatable bonds is 9. The van der Waals surface area contributed by atoms with E-state index >= 15 is 0 Å². The number of hydrogen-bond donors (Lipinski definition) is 0. The molecule has 0 spiro atoms. The molecule has 3 aromatic carbocycles. The zero-order valence-corrected chi connectivity index (χ0v) is 21.8. The van der Waals surface area contributed by atoms with Gasteiger partial charge in [0.15, 0.2) is 5.43 Å². The summed E-state index contributed by atoms with van der Waals surface area (Å²) in [5.41, 5.74) is 2.63. The van der Waals surface area contributed by atoms with Crippen molar-refractivity contribution in [1.29, 1.82) is 0 Å². The minimum atomic E-state index is -0.381. The minimum absolute atomic E-state index is 0.0176. The second kappa shape index (κ2) is 11.9. The fourth-order valence-corrected chi connectivity index (χ4v) is 4.34. The van der Waals surface area contributed by atoms with Crippen LogP contribution in [0.5, 0.6) is 0 Å². The van der Waals surface area contributed by atoms with Crippen molar-refractivity contribution in [3.8, 4) is 0 Å². The molecule has 4 aromatic rings. The van der Waals surface area contributed by atoms with Gasteiger partial charge in [-0.2, -0.15) is 0 Å². The first kappa shape index (κ1) is 26.8. The van der Waals surface area contributed by atoms with Gasteiger partial charge in [0.05, 0.1) is 23.8 Å². The lowest BCUT2D eigenvalue weighted by molar-refractivity contribution is -0.133. The molecule has 38 heavy (non-hydrogen) atoms. The molecular formula is C31H31FN2O4. The Morgan fingerprint density at radius 2 is 1.63 bits per heavy atom. The highest BCUT2D eigenvalue weighted by Crippen LogP contribution is 2.18. The van der Waals surface area contributed by atoms with Crippen LogP contribution in [0.4, 0.5) is 4.39 Å². The lowest BCUT2D eigenvalue weighted by Crippen LogP contribution is -2.46. The molecule has 0 saturated carbocycles. The van der Waals surface area contributed by atoms with Gasteiger partial charge in [0.25, 0.3) is 5.91 Å². The first-order valence-electron chi connectivity index (χ1n) is 12.7. The van der Waals surface area contributed by atoms with E-state index in [1.165, 1.54) is 23.3 Å². The number of nitrogens with zero attached hydrogens (tertiary/aromatic N) is 2. The van der Waals surface area contributed by atoms with Crippen molar-refractivity contribution >= 4 is 22.8 Å². The van der Waals surface area contributed by atoms with Crippen LogP contribution < -0.4 is 5.43 Å². The monoisotopic (exact) mass is 514 g/mol. The predicted molar refractivity (Wildman–Crippen MR) is 145 cm³/mol. The van der Waals surface area contributed by atoms with Crippen LogP contribution in [0.25, 0.3) is 11.0 Å². The largest absolute Gasteiger partial charge is 0.464 e. The van der Waals surface area contributed by atoms with Gasteiger partial charge in [0, 0.05) is 18.2 Å². The second-order valence-corrected chi connectivity index (χ2v) is 9.47. The third-order valence-corrected chi connectivity index (χ3v) is 6.82. The van der Waals surface area contributed by atoms with Gasteiger partial charge in [0.1, 0.15) is 17.9 Å². The SMILES string of the molecule is CCC(C)N(CC(=O)N(Cc1ccc(F)cc1)Cc1coc2ccccc2c1=O)C(=O)c1ccccc1C. The summed E-state index contributed by atoms with van der Waals surface area (Å²) in [6, 6.07) is 19.9. The molecule has 1 atom stereocenters. The van der Waals surface area contributed by atoms with Crippen LogP contribution in [-0.2, 0) is 17.9 Å². The van der Waals surface area contributed by atoms with Crippen molar-refractivity contribution in [2.24, 2.45) is 0 Å². The lowest BCUT2D eigenvalue weighted by atomic mass is 10.1. The summed E-state index contributed by atoms with van der Waals surface area (Å²) >= 11 is 0. The number of hydrogen-bond acceptors (Lipinski definition) is 4. The number of para-hydroxylation sites is 1. The van der Waals surface area contributed by atoms with E-state index in [1.807, 2.05) is 32.9 Å². The summed E-state index contributed by atoms with van der Waals surface area (Å²) in [4.78, 5) is 43.6. The molecule has 0 radical (unpaired) electrons. The molecule has 0 fully saturated rings. The van der Waals surface area contributed by atoms with Crippen molar-refractivity contribution < 1.29 is 18.4 Å². The molecule has 0 aliphatic heterocycles. The molecule has 2 amide bonds. The maximum Gasteiger partial charge on any atom is 0.254 e. The number of fused-ring (bicyclic) bond motifs is 1. The Labute approximate surface area is 221 Å². The molecule has 4 rings (SSSR count). The summed E-state index contributed by atoms with van der Waals surface area (Å²) in [7, 11) is 0. The van der Waals surface area contributed by atoms with Crippen LogP contribution in [-0.4, -0.2) is 34.2 Å². The van der Waals surface area contributed by atoms with Crippen LogP contribution in [0, 0.1) is 12.7 Å². The number of amides is 2. The Bertz CT molecular complexity index is 1500. The first-order valence-corrected chi connectivity index (χ1v) is 12.7. The molecule has 0 saturated heterocycles. The smallest absolute Gasteiger partial charge is 0.254 e. The summed E-state index contributed by atoms with van der Waals surface area (Å²) in [6.07, 6.45) is 2.04. The van der Waals surface area contributed by atoms with Crippen LogP contribution >= 0.6 is 0 Å². The Morgan fingerprint density at radius 3 is 2.34 bits per heavy atom. The number of halogens is 1. The van der Waals surface area contributed by atoms with Gasteiger partial charge < -0.3 is 14.2 Å². The highest BCUT2D eigenvalue weighted by atomic mass is 19.1. The molecule has 0 bridgehead atoms. The van der Waals surface area contributed by atoms with Crippen LogP contribution in [0.1, 0.15) is 47.3 Å². The highest BCUT2D eigenvalue weighted by molar-refractivity contribution is 5.98. The Morgan fingerprint density at radius 1 is 0.947 bits per heavy atom. The van der Waals surface area contributed by atoms with E-state index in [-0.39, 0.29) is 48.7 Å². The predicted octanol–water partition coefficient (Wildman–Crippen LogP) is 5.71. The fourth-order valence-electron chi connectivity index (χ4n) is 4.34. The van der Waals surface area contributed by atoms with Gasteiger partial charge in [-0.15, -0.1) is 0 Å². The normalized spacial score (nSPS) is 11.8. The molecular weight excluding hydrogens is 483 g/mol. The molecule has 0 aliphatic rings. The van der Waals surface area contributed by atoms with Crippen molar-refractivity contribution in [2.75, 3.05) is 6.54 Å². The minimum Gasteiger partial charge on any atom is -0.464 e. The maximum absolute atomic E-state index is 13.8. The molecule has 1 heterocycles. The molecule has 0 aliphatic carbocycles. The number of aryl methyl sites for hydroxylation is 1. The highest BCUT2D eigenvalue weighted by Gasteiger charge is 2.27. The first-order chi connectivity index (χ1) is 18.3. The Hall–Kier alpha value is -4.26. The number of carbonyl (C=O) groups is 2. The zero-order chi connectivity index (χ0) is 27.2. The summed E-state index contributed by atoms with van der Waals surface area (Å²) in [6.45, 7) is 5.69. The lowest BCUT2D eigenvalue weighted by Gasteiger charge is -2.31. The standard InChI is InChI=1S/C31H31FN2O4/c1-4-22(3)34(31(37)26-10-6-5-9-21(26)2)19-29(35)33(17-23-13-15-25(32)16-14-23)18-24-20-38-28-12-8-7-11-27(28)30(24)36/h5-16,20,22H,4,17-19H2,1-3H3. The van der Waals surface area contributed by atoms with Gasteiger partial charge in [0.2, 0.25) is 5.91 Å². The third kappa shape index (κ3) is 5.99. The number of benzene rings is 3. The van der Waals surface area contributed by atoms with Gasteiger partial charge in [-0.25, -0.2) is 4.39 Å². The van der Waals surface area contributed by atoms with Crippen molar-refractivity contribution in [2.45, 2.75) is 46.3 Å². The molecule has 6 nitrogen and oxygen atoms in total. The fraction of sp³-hybridized carbons (Fsp3) is 0.258. The number of carbonyl (C=O) groups excluding carboxylic acids is 2. The zero-order valence-electron chi connectivity index (χ0n) is 21.8. The van der Waals surface area contributed by atoms with E-state index in [9.17, 15) is 18.8 Å². The van der Waals surface area contributed by atoms with E-state index in [0.717, 1.165) is 5.56 Å². The van der Waals surface area contributed by atoms with Crippen LogP contribution in [0.2, 0.25) is 0 Å². The Balaban J connectivity index is 1.66. The molecule has 0 N–H and O–H groups in total. The van der Waals surface area contributed by atoms with Gasteiger partial charge in [-0.3, -0.25) is 14.4 Å².